The van der Waals surface area contributed by atoms with Gasteiger partial charge in [0.05, 0.1) is 11.8 Å². The van der Waals surface area contributed by atoms with Crippen LogP contribution in [0.15, 0.2) is 12.1 Å². The normalized spacial score (nSPS) is 12.9. The molecule has 3 heteroatoms. The summed E-state index contributed by atoms with van der Waals surface area (Å²) in [5.74, 6) is 1.18. The fraction of sp³-hybridized carbons (Fsp3) is 0.583. The van der Waals surface area contributed by atoms with Crippen molar-refractivity contribution in [1.29, 1.82) is 0 Å². The Bertz CT molecular complexity index is 323. The average Bonchev–Trinajstić information content (AvgIpc) is 2.10. The fourth-order valence-corrected chi connectivity index (χ4v) is 1.54. The number of pyridine rings is 1. The van der Waals surface area contributed by atoms with Crippen LogP contribution in [0.4, 0.5) is 5.69 Å². The van der Waals surface area contributed by atoms with Crippen LogP contribution in [-0.2, 0) is 0 Å². The molecule has 0 aliphatic heterocycles. The van der Waals surface area contributed by atoms with Crippen molar-refractivity contribution in [3.63, 3.8) is 0 Å². The molecular formula is C12H20N2O. The van der Waals surface area contributed by atoms with Crippen molar-refractivity contribution in [1.82, 2.24) is 4.98 Å². The zero-order chi connectivity index (χ0) is 11.4. The minimum atomic E-state index is 0.154. The summed E-state index contributed by atoms with van der Waals surface area (Å²) in [4.78, 5) is 4.27. The molecule has 0 spiro atoms. The van der Waals surface area contributed by atoms with Crippen molar-refractivity contribution in [2.45, 2.75) is 40.2 Å². The van der Waals surface area contributed by atoms with E-state index in [2.05, 4.69) is 18.8 Å². The Kier molecular flexibility index (Phi) is 3.95. The molecule has 0 amide bonds. The van der Waals surface area contributed by atoms with Crippen LogP contribution >= 0.6 is 0 Å². The van der Waals surface area contributed by atoms with Gasteiger partial charge in [0.2, 0.25) is 5.88 Å². The molecule has 1 rings (SSSR count). The zero-order valence-electron chi connectivity index (χ0n) is 9.95. The first-order valence-electron chi connectivity index (χ1n) is 5.38. The van der Waals surface area contributed by atoms with Gasteiger partial charge in [0.1, 0.15) is 0 Å². The van der Waals surface area contributed by atoms with Gasteiger partial charge in [-0.1, -0.05) is 13.8 Å². The van der Waals surface area contributed by atoms with Crippen LogP contribution in [0.1, 0.15) is 32.9 Å². The zero-order valence-corrected chi connectivity index (χ0v) is 9.95. The number of aryl methyl sites for hydroxylation is 1. The molecule has 0 radical (unpaired) electrons. The van der Waals surface area contributed by atoms with Crippen molar-refractivity contribution < 1.29 is 4.74 Å². The van der Waals surface area contributed by atoms with Gasteiger partial charge < -0.3 is 10.5 Å². The molecule has 1 unspecified atom stereocenters. The third kappa shape index (κ3) is 3.78. The lowest BCUT2D eigenvalue weighted by Crippen LogP contribution is -2.16. The van der Waals surface area contributed by atoms with Crippen LogP contribution in [-0.4, -0.2) is 11.1 Å². The SMILES string of the molecule is Cc1ccc(N)c(OC(C)CC(C)C)n1. The quantitative estimate of drug-likeness (QED) is 0.827. The fourth-order valence-electron chi connectivity index (χ4n) is 1.54. The first-order chi connectivity index (χ1) is 6.99. The van der Waals surface area contributed by atoms with Crippen LogP contribution in [0.25, 0.3) is 0 Å². The second-order valence-corrected chi connectivity index (χ2v) is 4.41. The lowest BCUT2D eigenvalue weighted by Gasteiger charge is -2.17. The Hall–Kier alpha value is -1.25. The van der Waals surface area contributed by atoms with Gasteiger partial charge in [0, 0.05) is 5.69 Å². The summed E-state index contributed by atoms with van der Waals surface area (Å²) in [6, 6.07) is 3.72. The Morgan fingerprint density at radius 3 is 2.60 bits per heavy atom. The number of aromatic nitrogens is 1. The summed E-state index contributed by atoms with van der Waals surface area (Å²) < 4.78 is 5.70. The third-order valence-corrected chi connectivity index (χ3v) is 2.15. The monoisotopic (exact) mass is 208 g/mol. The van der Waals surface area contributed by atoms with Crippen molar-refractivity contribution in [3.05, 3.63) is 17.8 Å². The van der Waals surface area contributed by atoms with E-state index in [4.69, 9.17) is 10.5 Å². The van der Waals surface area contributed by atoms with E-state index in [1.807, 2.05) is 26.0 Å². The van der Waals surface area contributed by atoms with Gasteiger partial charge in [-0.3, -0.25) is 0 Å². The molecule has 0 saturated heterocycles. The summed E-state index contributed by atoms with van der Waals surface area (Å²) >= 11 is 0. The number of ether oxygens (including phenoxy) is 1. The van der Waals surface area contributed by atoms with Crippen LogP contribution in [0.2, 0.25) is 0 Å². The molecule has 0 aliphatic carbocycles. The highest BCUT2D eigenvalue weighted by molar-refractivity contribution is 5.48. The van der Waals surface area contributed by atoms with Gasteiger partial charge in [0.25, 0.3) is 0 Å². The van der Waals surface area contributed by atoms with Gasteiger partial charge in [-0.2, -0.15) is 0 Å². The first-order valence-corrected chi connectivity index (χ1v) is 5.38. The molecule has 1 aromatic rings. The van der Waals surface area contributed by atoms with Gasteiger partial charge in [-0.15, -0.1) is 0 Å². The number of anilines is 1. The predicted octanol–water partition coefficient (Wildman–Crippen LogP) is 2.79. The van der Waals surface area contributed by atoms with Gasteiger partial charge in [-0.25, -0.2) is 4.98 Å². The first kappa shape index (κ1) is 11.8. The molecule has 1 atom stereocenters. The van der Waals surface area contributed by atoms with E-state index in [-0.39, 0.29) is 6.10 Å². The number of hydrogen-bond acceptors (Lipinski definition) is 3. The summed E-state index contributed by atoms with van der Waals surface area (Å²) in [5, 5.41) is 0. The molecule has 0 aliphatic rings. The molecule has 0 fully saturated rings. The smallest absolute Gasteiger partial charge is 0.237 e. The minimum Gasteiger partial charge on any atom is -0.473 e. The Morgan fingerprint density at radius 2 is 2.00 bits per heavy atom. The second kappa shape index (κ2) is 5.01. The van der Waals surface area contributed by atoms with Gasteiger partial charge in [-0.05, 0) is 38.3 Å². The number of nitrogen functional groups attached to an aromatic ring is 1. The Labute approximate surface area is 91.7 Å². The van der Waals surface area contributed by atoms with Crippen molar-refractivity contribution in [2.24, 2.45) is 5.92 Å². The predicted molar refractivity (Wildman–Crippen MR) is 62.9 cm³/mol. The highest BCUT2D eigenvalue weighted by Gasteiger charge is 2.10. The van der Waals surface area contributed by atoms with Crippen LogP contribution < -0.4 is 10.5 Å². The van der Waals surface area contributed by atoms with E-state index in [1.165, 1.54) is 0 Å². The van der Waals surface area contributed by atoms with E-state index < -0.39 is 0 Å². The molecule has 2 N–H and O–H groups in total. The van der Waals surface area contributed by atoms with E-state index in [9.17, 15) is 0 Å². The van der Waals surface area contributed by atoms with E-state index in [0.717, 1.165) is 12.1 Å². The van der Waals surface area contributed by atoms with Crippen LogP contribution in [0, 0.1) is 12.8 Å². The molecule has 1 aromatic heterocycles. The van der Waals surface area contributed by atoms with E-state index in [0.29, 0.717) is 17.5 Å². The lowest BCUT2D eigenvalue weighted by atomic mass is 10.1. The molecule has 0 bridgehead atoms. The summed E-state index contributed by atoms with van der Waals surface area (Å²) in [5.41, 5.74) is 7.32. The lowest BCUT2D eigenvalue weighted by molar-refractivity contribution is 0.186. The van der Waals surface area contributed by atoms with Crippen LogP contribution in [0.3, 0.4) is 0 Å². The van der Waals surface area contributed by atoms with Crippen molar-refractivity contribution in [2.75, 3.05) is 5.73 Å². The maximum Gasteiger partial charge on any atom is 0.237 e. The van der Waals surface area contributed by atoms with Crippen molar-refractivity contribution in [3.8, 4) is 5.88 Å². The third-order valence-electron chi connectivity index (χ3n) is 2.15. The molecule has 0 saturated carbocycles. The Morgan fingerprint density at radius 1 is 1.33 bits per heavy atom. The topological polar surface area (TPSA) is 48.1 Å². The maximum absolute atomic E-state index is 5.78. The number of nitrogens with zero attached hydrogens (tertiary/aromatic N) is 1. The minimum absolute atomic E-state index is 0.154. The molecular weight excluding hydrogens is 188 g/mol. The average molecular weight is 208 g/mol. The molecule has 15 heavy (non-hydrogen) atoms. The molecule has 84 valence electrons. The number of rotatable bonds is 4. The standard InChI is InChI=1S/C12H20N2O/c1-8(2)7-10(4)15-12-11(13)6-5-9(3)14-12/h5-6,8,10H,7,13H2,1-4H3. The second-order valence-electron chi connectivity index (χ2n) is 4.41. The molecule has 3 nitrogen and oxygen atoms in total. The number of hydrogen-bond donors (Lipinski definition) is 1. The van der Waals surface area contributed by atoms with Gasteiger partial charge >= 0.3 is 0 Å². The summed E-state index contributed by atoms with van der Waals surface area (Å²) in [6.07, 6.45) is 1.16. The van der Waals surface area contributed by atoms with E-state index >= 15 is 0 Å². The van der Waals surface area contributed by atoms with E-state index in [1.54, 1.807) is 0 Å². The summed E-state index contributed by atoms with van der Waals surface area (Å²) in [7, 11) is 0. The highest BCUT2D eigenvalue weighted by Crippen LogP contribution is 2.21. The van der Waals surface area contributed by atoms with Gasteiger partial charge in [0.15, 0.2) is 0 Å². The largest absolute Gasteiger partial charge is 0.473 e. The number of nitrogens with two attached hydrogens (primary N) is 1. The maximum atomic E-state index is 5.78. The Balaban J connectivity index is 2.67. The summed E-state index contributed by atoms with van der Waals surface area (Å²) in [6.45, 7) is 8.32. The molecule has 1 heterocycles. The molecule has 0 aromatic carbocycles. The van der Waals surface area contributed by atoms with Crippen LogP contribution in [0.5, 0.6) is 5.88 Å². The van der Waals surface area contributed by atoms with Crippen molar-refractivity contribution >= 4 is 5.69 Å². The highest BCUT2D eigenvalue weighted by atomic mass is 16.5.